The van der Waals surface area contributed by atoms with E-state index in [0.29, 0.717) is 11.3 Å². The summed E-state index contributed by atoms with van der Waals surface area (Å²) in [5, 5.41) is 5.57. The Kier molecular flexibility index (Phi) is 6.47. The van der Waals surface area contributed by atoms with Crippen LogP contribution in [-0.4, -0.2) is 25.5 Å². The molecule has 0 fully saturated rings. The molecule has 3 N–H and O–H groups in total. The molecule has 2 aromatic carbocycles. The Morgan fingerprint density at radius 2 is 1.58 bits per heavy atom. The number of thiocarbonyl (C=S) groups is 1. The molecule has 0 aliphatic rings. The van der Waals surface area contributed by atoms with Crippen LogP contribution in [0.1, 0.15) is 29.8 Å². The lowest BCUT2D eigenvalue weighted by atomic mass is 10.1. The maximum absolute atomic E-state index is 12.1. The van der Waals surface area contributed by atoms with Gasteiger partial charge in [-0.2, -0.15) is 0 Å². The van der Waals surface area contributed by atoms with E-state index in [0.717, 1.165) is 5.56 Å². The first-order chi connectivity index (χ1) is 12.2. The van der Waals surface area contributed by atoms with E-state index in [1.54, 1.807) is 38.1 Å². The molecule has 0 saturated heterocycles. The third-order valence-corrected chi connectivity index (χ3v) is 5.23. The van der Waals surface area contributed by atoms with Crippen LogP contribution in [0.15, 0.2) is 53.4 Å². The van der Waals surface area contributed by atoms with Crippen LogP contribution in [0.2, 0.25) is 0 Å². The summed E-state index contributed by atoms with van der Waals surface area (Å²) in [6.45, 7) is 5.44. The summed E-state index contributed by atoms with van der Waals surface area (Å²) in [6.07, 6.45) is 0. The van der Waals surface area contributed by atoms with Crippen molar-refractivity contribution in [2.24, 2.45) is 0 Å². The number of carbonyl (C=O) groups excluding carboxylic acids is 1. The van der Waals surface area contributed by atoms with Gasteiger partial charge in [0.2, 0.25) is 10.0 Å². The average molecular weight is 392 g/mol. The Hall–Kier alpha value is -2.29. The number of sulfonamides is 1. The monoisotopic (exact) mass is 391 g/mol. The zero-order valence-electron chi connectivity index (χ0n) is 14.7. The summed E-state index contributed by atoms with van der Waals surface area (Å²) in [5.41, 5.74) is 2.13. The summed E-state index contributed by atoms with van der Waals surface area (Å²) in [4.78, 5) is 12.3. The lowest BCUT2D eigenvalue weighted by Crippen LogP contribution is -2.34. The van der Waals surface area contributed by atoms with E-state index in [9.17, 15) is 13.2 Å². The highest BCUT2D eigenvalue weighted by Crippen LogP contribution is 2.14. The van der Waals surface area contributed by atoms with E-state index < -0.39 is 10.0 Å². The second-order valence-corrected chi connectivity index (χ2v) is 8.20. The van der Waals surface area contributed by atoms with Gasteiger partial charge in [0.15, 0.2) is 5.11 Å². The molecule has 0 aliphatic heterocycles. The van der Waals surface area contributed by atoms with Crippen molar-refractivity contribution in [2.45, 2.75) is 31.7 Å². The van der Waals surface area contributed by atoms with Crippen molar-refractivity contribution in [3.63, 3.8) is 0 Å². The zero-order chi connectivity index (χ0) is 19.3. The average Bonchev–Trinajstić information content (AvgIpc) is 2.54. The summed E-state index contributed by atoms with van der Waals surface area (Å²) in [6, 6.07) is 13.0. The minimum absolute atomic E-state index is 0.131. The van der Waals surface area contributed by atoms with Gasteiger partial charge in [0.1, 0.15) is 0 Å². The van der Waals surface area contributed by atoms with Gasteiger partial charge in [-0.1, -0.05) is 17.7 Å². The fourth-order valence-corrected chi connectivity index (χ4v) is 3.60. The van der Waals surface area contributed by atoms with E-state index in [1.807, 2.05) is 19.1 Å². The Morgan fingerprint density at radius 3 is 2.12 bits per heavy atom. The summed E-state index contributed by atoms with van der Waals surface area (Å²) in [7, 11) is -3.54. The predicted octanol–water partition coefficient (Wildman–Crippen LogP) is 2.81. The lowest BCUT2D eigenvalue weighted by Gasteiger charge is -2.12. The topological polar surface area (TPSA) is 87.3 Å². The number of nitrogens with one attached hydrogen (secondary N) is 3. The van der Waals surface area contributed by atoms with E-state index in [4.69, 9.17) is 12.2 Å². The van der Waals surface area contributed by atoms with Crippen molar-refractivity contribution >= 4 is 38.9 Å². The fraction of sp³-hybridized carbons (Fsp3) is 0.222. The minimum Gasteiger partial charge on any atom is -0.332 e. The van der Waals surface area contributed by atoms with Gasteiger partial charge in [-0.25, -0.2) is 13.1 Å². The van der Waals surface area contributed by atoms with Crippen LogP contribution in [0.4, 0.5) is 5.69 Å². The summed E-state index contributed by atoms with van der Waals surface area (Å²) >= 11 is 5.13. The van der Waals surface area contributed by atoms with E-state index in [2.05, 4.69) is 15.4 Å². The Labute approximate surface area is 159 Å². The number of hydrogen-bond acceptors (Lipinski definition) is 4. The van der Waals surface area contributed by atoms with Crippen LogP contribution >= 0.6 is 12.2 Å². The molecule has 0 saturated carbocycles. The Bertz CT molecular complexity index is 890. The molecule has 2 rings (SSSR count). The highest BCUT2D eigenvalue weighted by Gasteiger charge is 2.15. The third-order valence-electron chi connectivity index (χ3n) is 3.35. The van der Waals surface area contributed by atoms with Gasteiger partial charge in [0.25, 0.3) is 5.91 Å². The number of benzene rings is 2. The Balaban J connectivity index is 1.99. The number of anilines is 1. The largest absolute Gasteiger partial charge is 0.332 e. The molecule has 26 heavy (non-hydrogen) atoms. The molecule has 0 unspecified atom stereocenters. The smallest absolute Gasteiger partial charge is 0.257 e. The molecule has 0 spiro atoms. The number of rotatable bonds is 5. The molecule has 0 bridgehead atoms. The molecule has 6 nitrogen and oxygen atoms in total. The van der Waals surface area contributed by atoms with Crippen molar-refractivity contribution in [1.82, 2.24) is 10.0 Å². The molecule has 1 amide bonds. The molecule has 138 valence electrons. The van der Waals surface area contributed by atoms with Crippen LogP contribution in [0.5, 0.6) is 0 Å². The van der Waals surface area contributed by atoms with Gasteiger partial charge in [-0.3, -0.25) is 10.1 Å². The Morgan fingerprint density at radius 1 is 1.00 bits per heavy atom. The van der Waals surface area contributed by atoms with Crippen LogP contribution in [0, 0.1) is 6.92 Å². The molecule has 0 aromatic heterocycles. The zero-order valence-corrected chi connectivity index (χ0v) is 16.4. The molecular formula is C18H21N3O3S2. The van der Waals surface area contributed by atoms with Crippen molar-refractivity contribution in [3.05, 3.63) is 59.7 Å². The normalized spacial score (nSPS) is 11.2. The summed E-state index contributed by atoms with van der Waals surface area (Å²) < 4.78 is 26.7. The number of amides is 1. The first-order valence-electron chi connectivity index (χ1n) is 7.99. The van der Waals surface area contributed by atoms with Gasteiger partial charge in [0.05, 0.1) is 4.90 Å². The van der Waals surface area contributed by atoms with Gasteiger partial charge in [0, 0.05) is 17.3 Å². The quantitative estimate of drug-likeness (QED) is 0.682. The van der Waals surface area contributed by atoms with E-state index in [1.165, 1.54) is 12.1 Å². The molecule has 0 radical (unpaired) electrons. The second kappa shape index (κ2) is 8.39. The van der Waals surface area contributed by atoms with Crippen LogP contribution in [0.3, 0.4) is 0 Å². The van der Waals surface area contributed by atoms with Gasteiger partial charge >= 0.3 is 0 Å². The maximum atomic E-state index is 12.1. The van der Waals surface area contributed by atoms with E-state index >= 15 is 0 Å². The van der Waals surface area contributed by atoms with Crippen LogP contribution in [-0.2, 0) is 10.0 Å². The molecule has 8 heteroatoms. The molecule has 0 atom stereocenters. The second-order valence-electron chi connectivity index (χ2n) is 6.07. The molecular weight excluding hydrogens is 370 g/mol. The van der Waals surface area contributed by atoms with Gasteiger partial charge in [-0.15, -0.1) is 0 Å². The molecule has 0 aliphatic carbocycles. The minimum atomic E-state index is -3.54. The van der Waals surface area contributed by atoms with Crippen LogP contribution in [0.25, 0.3) is 0 Å². The number of aryl methyl sites for hydroxylation is 1. The fourth-order valence-electron chi connectivity index (χ4n) is 2.14. The van der Waals surface area contributed by atoms with Crippen molar-refractivity contribution in [3.8, 4) is 0 Å². The van der Waals surface area contributed by atoms with Crippen molar-refractivity contribution in [1.29, 1.82) is 0 Å². The first kappa shape index (κ1) is 20.0. The highest BCUT2D eigenvalue weighted by atomic mass is 32.2. The molecule has 0 heterocycles. The first-order valence-corrected chi connectivity index (χ1v) is 9.88. The van der Waals surface area contributed by atoms with Crippen LogP contribution < -0.4 is 15.4 Å². The van der Waals surface area contributed by atoms with Crippen molar-refractivity contribution < 1.29 is 13.2 Å². The maximum Gasteiger partial charge on any atom is 0.257 e. The van der Waals surface area contributed by atoms with Gasteiger partial charge < -0.3 is 5.32 Å². The third kappa shape index (κ3) is 5.62. The van der Waals surface area contributed by atoms with E-state index in [-0.39, 0.29) is 22.0 Å². The number of hydrogen-bond donors (Lipinski definition) is 3. The standard InChI is InChI=1S/C18H21N3O3S2/c1-12(2)21-26(23,24)16-10-8-15(9-11-16)19-18(25)20-17(22)14-6-4-13(3)5-7-14/h4-12,21H,1-3H3,(H2,19,20,22,25). The van der Waals surface area contributed by atoms with Crippen molar-refractivity contribution in [2.75, 3.05) is 5.32 Å². The summed E-state index contributed by atoms with van der Waals surface area (Å²) in [5.74, 6) is -0.317. The predicted molar refractivity (Wildman–Crippen MR) is 107 cm³/mol. The number of carbonyl (C=O) groups is 1. The highest BCUT2D eigenvalue weighted by molar-refractivity contribution is 7.89. The molecule has 2 aromatic rings. The lowest BCUT2D eigenvalue weighted by molar-refractivity contribution is 0.0977. The SMILES string of the molecule is Cc1ccc(C(=O)NC(=S)Nc2ccc(S(=O)(=O)NC(C)C)cc2)cc1. The van der Waals surface area contributed by atoms with Gasteiger partial charge in [-0.05, 0) is 69.4 Å².